The number of likely N-dealkylation sites (tertiary alicyclic amines) is 1. The molecule has 1 atom stereocenters. The van der Waals surface area contributed by atoms with Crippen molar-refractivity contribution in [2.75, 3.05) is 33.3 Å². The fraction of sp³-hybridized carbons (Fsp3) is 0.933. The lowest BCUT2D eigenvalue weighted by molar-refractivity contribution is -0.162. The maximum Gasteiger partial charge on any atom is 0.311 e. The fourth-order valence-corrected chi connectivity index (χ4v) is 4.05. The zero-order valence-corrected chi connectivity index (χ0v) is 13.4. The minimum absolute atomic E-state index is 0. The molecule has 0 amide bonds. The van der Waals surface area contributed by atoms with E-state index in [4.69, 9.17) is 4.74 Å². The van der Waals surface area contributed by atoms with Gasteiger partial charge in [-0.25, -0.2) is 0 Å². The summed E-state index contributed by atoms with van der Waals surface area (Å²) in [5.74, 6) is 1.75. The van der Waals surface area contributed by atoms with E-state index < -0.39 is 0 Å². The molecule has 1 unspecified atom stereocenters. The number of ether oxygens (including phenoxy) is 1. The molecule has 3 fully saturated rings. The zero-order chi connectivity index (χ0) is 13.5. The molecule has 1 N–H and O–H groups in total. The first-order valence-corrected chi connectivity index (χ1v) is 7.65. The highest BCUT2D eigenvalue weighted by Crippen LogP contribution is 2.45. The number of methoxy groups -OCH3 is 1. The van der Waals surface area contributed by atoms with Crippen LogP contribution in [0.5, 0.6) is 0 Å². The van der Waals surface area contributed by atoms with Gasteiger partial charge < -0.3 is 15.0 Å². The van der Waals surface area contributed by atoms with Crippen molar-refractivity contribution < 1.29 is 9.53 Å². The summed E-state index contributed by atoms with van der Waals surface area (Å²) in [7, 11) is 1.50. The quantitative estimate of drug-likeness (QED) is 0.806. The average molecular weight is 303 g/mol. The Morgan fingerprint density at radius 1 is 1.30 bits per heavy atom. The maximum absolute atomic E-state index is 11.7. The molecule has 0 radical (unpaired) electrons. The molecular formula is C15H27ClN2O2. The third kappa shape index (κ3) is 2.83. The molecular weight excluding hydrogens is 276 g/mol. The average Bonchev–Trinajstić information content (AvgIpc) is 2.32. The summed E-state index contributed by atoms with van der Waals surface area (Å²) < 4.78 is 4.91. The minimum atomic E-state index is -0.218. The van der Waals surface area contributed by atoms with E-state index in [-0.39, 0.29) is 23.8 Å². The van der Waals surface area contributed by atoms with Crippen LogP contribution in [0.4, 0.5) is 0 Å². The van der Waals surface area contributed by atoms with Gasteiger partial charge in [-0.05, 0) is 64.1 Å². The van der Waals surface area contributed by atoms with Crippen LogP contribution >= 0.6 is 12.4 Å². The fourth-order valence-electron chi connectivity index (χ4n) is 4.05. The molecule has 3 rings (SSSR count). The van der Waals surface area contributed by atoms with E-state index in [2.05, 4.69) is 10.2 Å². The van der Waals surface area contributed by atoms with Crippen LogP contribution in [0.2, 0.25) is 0 Å². The summed E-state index contributed by atoms with van der Waals surface area (Å²) in [6, 6.07) is 0.611. The smallest absolute Gasteiger partial charge is 0.311 e. The van der Waals surface area contributed by atoms with Crippen molar-refractivity contribution in [3.8, 4) is 0 Å². The third-order valence-electron chi connectivity index (χ3n) is 5.54. The Morgan fingerprint density at radius 3 is 2.55 bits per heavy atom. The number of esters is 1. The predicted molar refractivity (Wildman–Crippen MR) is 81.0 cm³/mol. The van der Waals surface area contributed by atoms with Gasteiger partial charge in [-0.2, -0.15) is 0 Å². The number of hydrogen-bond acceptors (Lipinski definition) is 4. The topological polar surface area (TPSA) is 41.6 Å². The van der Waals surface area contributed by atoms with Crippen molar-refractivity contribution in [2.24, 2.45) is 17.3 Å². The molecule has 116 valence electrons. The van der Waals surface area contributed by atoms with Gasteiger partial charge in [0.25, 0.3) is 0 Å². The number of nitrogens with one attached hydrogen (secondary N) is 1. The van der Waals surface area contributed by atoms with Gasteiger partial charge in [0.15, 0.2) is 0 Å². The zero-order valence-electron chi connectivity index (χ0n) is 12.6. The van der Waals surface area contributed by atoms with Crippen LogP contribution in [0.25, 0.3) is 0 Å². The Balaban J connectivity index is 0.00000147. The van der Waals surface area contributed by atoms with Gasteiger partial charge in [-0.3, -0.25) is 4.79 Å². The van der Waals surface area contributed by atoms with E-state index in [0.29, 0.717) is 6.04 Å². The van der Waals surface area contributed by atoms with E-state index in [1.165, 1.54) is 46.1 Å². The van der Waals surface area contributed by atoms with Crippen molar-refractivity contribution in [1.29, 1.82) is 0 Å². The first-order chi connectivity index (χ1) is 9.12. The summed E-state index contributed by atoms with van der Waals surface area (Å²) in [6.07, 6.45) is 4.68. The van der Waals surface area contributed by atoms with Crippen LogP contribution in [0.1, 0.15) is 32.6 Å². The van der Waals surface area contributed by atoms with Crippen LogP contribution in [0.3, 0.4) is 0 Å². The number of hydrogen-bond donors (Lipinski definition) is 1. The van der Waals surface area contributed by atoms with Gasteiger partial charge in [-0.15, -0.1) is 12.4 Å². The van der Waals surface area contributed by atoms with Crippen molar-refractivity contribution in [2.45, 2.75) is 38.6 Å². The summed E-state index contributed by atoms with van der Waals surface area (Å²) in [4.78, 5) is 14.4. The first kappa shape index (κ1) is 16.1. The second kappa shape index (κ2) is 6.20. The lowest BCUT2D eigenvalue weighted by Gasteiger charge is -2.51. The Morgan fingerprint density at radius 2 is 2.00 bits per heavy atom. The summed E-state index contributed by atoms with van der Waals surface area (Å²) in [5, 5.41) is 3.39. The van der Waals surface area contributed by atoms with Crippen molar-refractivity contribution in [1.82, 2.24) is 10.2 Å². The molecule has 1 saturated carbocycles. The van der Waals surface area contributed by atoms with Gasteiger partial charge in [0.1, 0.15) is 0 Å². The van der Waals surface area contributed by atoms with E-state index in [0.717, 1.165) is 24.7 Å². The van der Waals surface area contributed by atoms with Crippen LogP contribution in [0, 0.1) is 17.3 Å². The van der Waals surface area contributed by atoms with Crippen molar-refractivity contribution in [3.63, 3.8) is 0 Å². The highest BCUT2D eigenvalue weighted by Gasteiger charge is 2.50. The molecule has 0 aromatic heterocycles. The SMILES string of the molecule is COC(=O)C1(C)CC(N2CCCC(C3CNC3)C2)C1.Cl. The molecule has 2 aliphatic heterocycles. The molecule has 0 aromatic rings. The Kier molecular flexibility index (Phi) is 4.98. The van der Waals surface area contributed by atoms with Crippen LogP contribution in [0.15, 0.2) is 0 Å². The number of piperidine rings is 1. The first-order valence-electron chi connectivity index (χ1n) is 7.65. The summed E-state index contributed by atoms with van der Waals surface area (Å²) >= 11 is 0. The number of rotatable bonds is 3. The number of halogens is 1. The largest absolute Gasteiger partial charge is 0.469 e. The summed E-state index contributed by atoms with van der Waals surface area (Å²) in [6.45, 7) is 6.94. The number of carbonyl (C=O) groups is 1. The Hall–Kier alpha value is -0.320. The standard InChI is InChI=1S/C15H26N2O2.ClH/c1-15(14(18)19-2)6-13(7-15)17-5-3-4-11(10-17)12-8-16-9-12;/h11-13,16H,3-10H2,1-2H3;1H. The molecule has 5 heteroatoms. The van der Waals surface area contributed by atoms with E-state index in [1.54, 1.807) is 0 Å². The second-order valence-electron chi connectivity index (χ2n) is 6.93. The molecule has 0 bridgehead atoms. The highest BCUT2D eigenvalue weighted by molar-refractivity contribution is 5.85. The van der Waals surface area contributed by atoms with Gasteiger partial charge in [0.2, 0.25) is 0 Å². The maximum atomic E-state index is 11.7. The van der Waals surface area contributed by atoms with Gasteiger partial charge in [0, 0.05) is 12.6 Å². The molecule has 0 aromatic carbocycles. The van der Waals surface area contributed by atoms with Crippen LogP contribution < -0.4 is 5.32 Å². The van der Waals surface area contributed by atoms with Gasteiger partial charge >= 0.3 is 5.97 Å². The molecule has 3 aliphatic rings. The third-order valence-corrected chi connectivity index (χ3v) is 5.54. The second-order valence-corrected chi connectivity index (χ2v) is 6.93. The van der Waals surface area contributed by atoms with Gasteiger partial charge in [0.05, 0.1) is 12.5 Å². The van der Waals surface area contributed by atoms with Crippen LogP contribution in [-0.2, 0) is 9.53 Å². The molecule has 2 heterocycles. The monoisotopic (exact) mass is 302 g/mol. The van der Waals surface area contributed by atoms with Crippen molar-refractivity contribution >= 4 is 18.4 Å². The number of nitrogens with zero attached hydrogens (tertiary/aromatic N) is 1. The highest BCUT2D eigenvalue weighted by atomic mass is 35.5. The molecule has 1 aliphatic carbocycles. The Bertz CT molecular complexity index is 354. The van der Waals surface area contributed by atoms with E-state index in [1.807, 2.05) is 6.92 Å². The van der Waals surface area contributed by atoms with Crippen molar-refractivity contribution in [3.05, 3.63) is 0 Å². The van der Waals surface area contributed by atoms with Gasteiger partial charge in [-0.1, -0.05) is 0 Å². The molecule has 20 heavy (non-hydrogen) atoms. The molecule has 2 saturated heterocycles. The van der Waals surface area contributed by atoms with E-state index >= 15 is 0 Å². The lowest BCUT2D eigenvalue weighted by Crippen LogP contribution is -2.58. The predicted octanol–water partition coefficient (Wildman–Crippen LogP) is 1.68. The molecule has 0 spiro atoms. The lowest BCUT2D eigenvalue weighted by atomic mass is 9.65. The molecule has 4 nitrogen and oxygen atoms in total. The summed E-state index contributed by atoms with van der Waals surface area (Å²) in [5.41, 5.74) is -0.218. The van der Waals surface area contributed by atoms with Crippen LogP contribution in [-0.4, -0.2) is 50.2 Å². The normalized spacial score (nSPS) is 38.3. The Labute approximate surface area is 128 Å². The minimum Gasteiger partial charge on any atom is -0.469 e. The van der Waals surface area contributed by atoms with E-state index in [9.17, 15) is 4.79 Å². The number of carbonyl (C=O) groups excluding carboxylic acids is 1.